The lowest BCUT2D eigenvalue weighted by molar-refractivity contribution is 0.480. The smallest absolute Gasteiger partial charge is 0.0323 e. The molecular formula is C15H26N2. The molecule has 1 N–H and O–H groups in total. The molecule has 0 spiro atoms. The van der Waals surface area contributed by atoms with Crippen LogP contribution in [0.4, 0.5) is 0 Å². The van der Waals surface area contributed by atoms with E-state index in [9.17, 15) is 0 Å². The van der Waals surface area contributed by atoms with Crippen LogP contribution >= 0.6 is 0 Å². The molecule has 1 aromatic rings. The van der Waals surface area contributed by atoms with Crippen LogP contribution in [0.25, 0.3) is 0 Å². The van der Waals surface area contributed by atoms with E-state index in [4.69, 9.17) is 0 Å². The highest BCUT2D eigenvalue weighted by Crippen LogP contribution is 2.22. The Morgan fingerprint density at radius 3 is 2.71 bits per heavy atom. The van der Waals surface area contributed by atoms with Crippen LogP contribution < -0.4 is 5.32 Å². The van der Waals surface area contributed by atoms with Gasteiger partial charge in [0, 0.05) is 18.4 Å². The largest absolute Gasteiger partial charge is 0.310 e. The molecule has 0 saturated heterocycles. The van der Waals surface area contributed by atoms with Crippen LogP contribution in [0.15, 0.2) is 18.5 Å². The maximum atomic E-state index is 4.17. The fraction of sp³-hybridized carbons (Fsp3) is 0.667. The van der Waals surface area contributed by atoms with E-state index in [1.165, 1.54) is 43.2 Å². The van der Waals surface area contributed by atoms with Gasteiger partial charge in [0.05, 0.1) is 0 Å². The third-order valence-corrected chi connectivity index (χ3v) is 3.24. The molecule has 0 aliphatic heterocycles. The average molecular weight is 234 g/mol. The van der Waals surface area contributed by atoms with Crippen molar-refractivity contribution in [3.63, 3.8) is 0 Å². The van der Waals surface area contributed by atoms with Crippen LogP contribution in [0.3, 0.4) is 0 Å². The van der Waals surface area contributed by atoms with Crippen molar-refractivity contribution in [2.75, 3.05) is 6.54 Å². The van der Waals surface area contributed by atoms with Crippen molar-refractivity contribution in [3.8, 4) is 0 Å². The molecule has 0 aliphatic carbocycles. The number of hydrogen-bond donors (Lipinski definition) is 1. The zero-order chi connectivity index (χ0) is 12.5. The summed E-state index contributed by atoms with van der Waals surface area (Å²) < 4.78 is 0. The molecule has 1 heterocycles. The van der Waals surface area contributed by atoms with Crippen molar-refractivity contribution in [1.82, 2.24) is 10.3 Å². The highest BCUT2D eigenvalue weighted by molar-refractivity contribution is 5.25. The first-order valence-corrected chi connectivity index (χ1v) is 6.93. The lowest BCUT2D eigenvalue weighted by atomic mass is 9.97. The van der Waals surface area contributed by atoms with Gasteiger partial charge in [0.2, 0.25) is 0 Å². The van der Waals surface area contributed by atoms with E-state index in [1.54, 1.807) is 0 Å². The Balaban J connectivity index is 2.56. The Morgan fingerprint density at radius 2 is 2.06 bits per heavy atom. The summed E-state index contributed by atoms with van der Waals surface area (Å²) in [6, 6.07) is 2.66. The number of aromatic nitrogens is 1. The van der Waals surface area contributed by atoms with Crippen LogP contribution in [0, 0.1) is 6.92 Å². The first-order valence-electron chi connectivity index (χ1n) is 6.93. The predicted molar refractivity (Wildman–Crippen MR) is 74.2 cm³/mol. The van der Waals surface area contributed by atoms with Gasteiger partial charge in [-0.25, -0.2) is 0 Å². The number of nitrogens with zero attached hydrogens (tertiary/aromatic N) is 1. The van der Waals surface area contributed by atoms with Crippen molar-refractivity contribution in [3.05, 3.63) is 29.6 Å². The summed E-state index contributed by atoms with van der Waals surface area (Å²) in [5.41, 5.74) is 2.72. The Bertz CT molecular complexity index is 310. The molecule has 0 aromatic carbocycles. The lowest BCUT2D eigenvalue weighted by Gasteiger charge is -2.20. The second kappa shape index (κ2) is 8.24. The second-order valence-corrected chi connectivity index (χ2v) is 4.69. The van der Waals surface area contributed by atoms with Gasteiger partial charge >= 0.3 is 0 Å². The van der Waals surface area contributed by atoms with E-state index in [1.807, 2.05) is 12.4 Å². The predicted octanol–water partition coefficient (Wildman–Crippen LogP) is 4.01. The van der Waals surface area contributed by atoms with Gasteiger partial charge in [0.15, 0.2) is 0 Å². The van der Waals surface area contributed by atoms with Crippen molar-refractivity contribution in [1.29, 1.82) is 0 Å². The standard InChI is InChI=1S/C15H26N2/c1-4-6-7-8-9-15(17-5-2)14-10-11-16-12-13(14)3/h10-12,15,17H,4-9H2,1-3H3. The highest BCUT2D eigenvalue weighted by Gasteiger charge is 2.11. The first kappa shape index (κ1) is 14.2. The van der Waals surface area contributed by atoms with Crippen molar-refractivity contribution in [2.24, 2.45) is 0 Å². The summed E-state index contributed by atoms with van der Waals surface area (Å²) in [5, 5.41) is 3.59. The molecule has 17 heavy (non-hydrogen) atoms. The summed E-state index contributed by atoms with van der Waals surface area (Å²) >= 11 is 0. The van der Waals surface area contributed by atoms with Crippen LogP contribution in [-0.2, 0) is 0 Å². The lowest BCUT2D eigenvalue weighted by Crippen LogP contribution is -2.21. The van der Waals surface area contributed by atoms with E-state index in [-0.39, 0.29) is 0 Å². The number of pyridine rings is 1. The Kier molecular flexibility index (Phi) is 6.87. The van der Waals surface area contributed by atoms with Gasteiger partial charge in [-0.15, -0.1) is 0 Å². The Hall–Kier alpha value is -0.890. The van der Waals surface area contributed by atoms with E-state index < -0.39 is 0 Å². The molecule has 1 rings (SSSR count). The molecule has 0 aliphatic rings. The van der Waals surface area contributed by atoms with Gasteiger partial charge in [-0.1, -0.05) is 39.5 Å². The third kappa shape index (κ3) is 4.86. The minimum absolute atomic E-state index is 0.500. The zero-order valence-corrected chi connectivity index (χ0v) is 11.5. The van der Waals surface area contributed by atoms with Gasteiger partial charge in [-0.2, -0.15) is 0 Å². The molecule has 1 aromatic heterocycles. The van der Waals surface area contributed by atoms with E-state index in [0.717, 1.165) is 6.54 Å². The van der Waals surface area contributed by atoms with Gasteiger partial charge in [0.25, 0.3) is 0 Å². The van der Waals surface area contributed by atoms with Crippen LogP contribution in [0.5, 0.6) is 0 Å². The summed E-state index contributed by atoms with van der Waals surface area (Å²) in [7, 11) is 0. The zero-order valence-electron chi connectivity index (χ0n) is 11.5. The first-order chi connectivity index (χ1) is 8.29. The van der Waals surface area contributed by atoms with Crippen LogP contribution in [-0.4, -0.2) is 11.5 Å². The molecule has 1 unspecified atom stereocenters. The fourth-order valence-corrected chi connectivity index (χ4v) is 2.26. The molecule has 96 valence electrons. The van der Waals surface area contributed by atoms with Crippen molar-refractivity contribution < 1.29 is 0 Å². The number of aryl methyl sites for hydroxylation is 1. The molecule has 0 radical (unpaired) electrons. The van der Waals surface area contributed by atoms with Gasteiger partial charge in [-0.3, -0.25) is 4.98 Å². The third-order valence-electron chi connectivity index (χ3n) is 3.24. The van der Waals surface area contributed by atoms with Crippen LogP contribution in [0.2, 0.25) is 0 Å². The Labute approximate surface area is 106 Å². The van der Waals surface area contributed by atoms with Gasteiger partial charge < -0.3 is 5.32 Å². The fourth-order valence-electron chi connectivity index (χ4n) is 2.26. The number of nitrogens with one attached hydrogen (secondary N) is 1. The van der Waals surface area contributed by atoms with Crippen LogP contribution in [0.1, 0.15) is 63.1 Å². The number of unbranched alkanes of at least 4 members (excludes halogenated alkanes) is 3. The van der Waals surface area contributed by atoms with E-state index >= 15 is 0 Å². The number of rotatable bonds is 8. The summed E-state index contributed by atoms with van der Waals surface area (Å²) in [5.74, 6) is 0. The number of hydrogen-bond acceptors (Lipinski definition) is 2. The summed E-state index contributed by atoms with van der Waals surface area (Å²) in [6.45, 7) is 7.61. The highest BCUT2D eigenvalue weighted by atomic mass is 14.9. The molecule has 2 heteroatoms. The average Bonchev–Trinajstić information content (AvgIpc) is 2.34. The Morgan fingerprint density at radius 1 is 1.24 bits per heavy atom. The monoisotopic (exact) mass is 234 g/mol. The molecule has 0 bridgehead atoms. The van der Waals surface area contributed by atoms with Gasteiger partial charge in [-0.05, 0) is 37.1 Å². The maximum Gasteiger partial charge on any atom is 0.0323 e. The second-order valence-electron chi connectivity index (χ2n) is 4.69. The molecule has 0 saturated carbocycles. The molecular weight excluding hydrogens is 208 g/mol. The SMILES string of the molecule is CCCCCCC(NCC)c1ccncc1C. The molecule has 0 amide bonds. The quantitative estimate of drug-likeness (QED) is 0.687. The van der Waals surface area contributed by atoms with Crippen molar-refractivity contribution in [2.45, 2.75) is 58.9 Å². The minimum Gasteiger partial charge on any atom is -0.310 e. The van der Waals surface area contributed by atoms with E-state index in [2.05, 4.69) is 37.1 Å². The van der Waals surface area contributed by atoms with Gasteiger partial charge in [0.1, 0.15) is 0 Å². The normalized spacial score (nSPS) is 12.6. The van der Waals surface area contributed by atoms with E-state index in [0.29, 0.717) is 6.04 Å². The molecule has 2 nitrogen and oxygen atoms in total. The topological polar surface area (TPSA) is 24.9 Å². The molecule has 1 atom stereocenters. The van der Waals surface area contributed by atoms with Crippen molar-refractivity contribution >= 4 is 0 Å². The summed E-state index contributed by atoms with van der Waals surface area (Å²) in [4.78, 5) is 4.17. The molecule has 0 fully saturated rings. The summed E-state index contributed by atoms with van der Waals surface area (Å²) in [6.07, 6.45) is 10.4. The minimum atomic E-state index is 0.500. The maximum absolute atomic E-state index is 4.17.